The fourth-order valence-corrected chi connectivity index (χ4v) is 3.92. The molecule has 1 aliphatic rings. The first-order chi connectivity index (χ1) is 15.2. The Balaban J connectivity index is 1.68. The number of benzene rings is 2. The lowest BCUT2D eigenvalue weighted by molar-refractivity contribution is 0.122. The number of aromatic amines is 1. The highest BCUT2D eigenvalue weighted by molar-refractivity contribution is 5.93. The summed E-state index contributed by atoms with van der Waals surface area (Å²) in [5, 5.41) is 14.4. The van der Waals surface area contributed by atoms with Gasteiger partial charge in [0.25, 0.3) is 5.56 Å². The Labute approximate surface area is 176 Å². The average Bonchev–Trinajstić information content (AvgIpc) is 3.20. The Hall–Kier alpha value is -3.96. The lowest BCUT2D eigenvalue weighted by Gasteiger charge is -2.28. The Morgan fingerprint density at radius 1 is 1.10 bits per heavy atom. The minimum atomic E-state index is -0.585. The smallest absolute Gasteiger partial charge is 0.259 e. The molecular weight excluding hydrogens is 397 g/mol. The van der Waals surface area contributed by atoms with E-state index in [2.05, 4.69) is 15.0 Å². The zero-order valence-electron chi connectivity index (χ0n) is 16.5. The van der Waals surface area contributed by atoms with Crippen LogP contribution in [-0.4, -0.2) is 41.1 Å². The van der Waals surface area contributed by atoms with Crippen LogP contribution in [0.5, 0.6) is 0 Å². The lowest BCUT2D eigenvalue weighted by Crippen LogP contribution is -2.36. The van der Waals surface area contributed by atoms with Gasteiger partial charge in [-0.15, -0.1) is 0 Å². The van der Waals surface area contributed by atoms with Crippen molar-refractivity contribution in [2.24, 2.45) is 0 Å². The molecule has 0 aliphatic carbocycles. The topological polar surface area (TPSA) is 86.9 Å². The minimum absolute atomic E-state index is 0.0248. The third-order valence-electron chi connectivity index (χ3n) is 5.44. The van der Waals surface area contributed by atoms with E-state index in [1.807, 2.05) is 30.3 Å². The molecule has 0 unspecified atom stereocenters. The Morgan fingerprint density at radius 2 is 1.87 bits per heavy atom. The van der Waals surface area contributed by atoms with E-state index >= 15 is 0 Å². The van der Waals surface area contributed by atoms with Crippen molar-refractivity contribution in [3.8, 4) is 23.0 Å². The summed E-state index contributed by atoms with van der Waals surface area (Å²) in [7, 11) is 0. The number of fused-ring (bicyclic) bond motifs is 1. The summed E-state index contributed by atoms with van der Waals surface area (Å²) in [4.78, 5) is 17.6. The molecule has 3 heterocycles. The van der Waals surface area contributed by atoms with E-state index in [9.17, 15) is 14.4 Å². The van der Waals surface area contributed by atoms with E-state index in [4.69, 9.17) is 4.74 Å². The summed E-state index contributed by atoms with van der Waals surface area (Å²) in [5.41, 5.74) is 2.48. The van der Waals surface area contributed by atoms with Crippen molar-refractivity contribution in [3.63, 3.8) is 0 Å². The normalized spacial score (nSPS) is 14.0. The molecule has 0 radical (unpaired) electrons. The zero-order valence-corrected chi connectivity index (χ0v) is 16.5. The molecule has 7 nitrogen and oxygen atoms in total. The van der Waals surface area contributed by atoms with Gasteiger partial charge < -0.3 is 14.6 Å². The summed E-state index contributed by atoms with van der Waals surface area (Å²) in [6.45, 7) is 3.02. The second kappa shape index (κ2) is 7.70. The van der Waals surface area contributed by atoms with E-state index < -0.39 is 5.82 Å². The molecule has 1 fully saturated rings. The van der Waals surface area contributed by atoms with Crippen LogP contribution in [-0.2, 0) is 4.74 Å². The first-order valence-corrected chi connectivity index (χ1v) is 9.90. The molecule has 0 atom stereocenters. The van der Waals surface area contributed by atoms with Crippen molar-refractivity contribution in [2.75, 3.05) is 31.2 Å². The third kappa shape index (κ3) is 3.25. The quantitative estimate of drug-likeness (QED) is 0.555. The maximum Gasteiger partial charge on any atom is 0.259 e. The molecule has 0 amide bonds. The summed E-state index contributed by atoms with van der Waals surface area (Å²) in [6, 6.07) is 15.7. The van der Waals surface area contributed by atoms with Gasteiger partial charge in [0.05, 0.1) is 29.7 Å². The number of rotatable bonds is 3. The number of ether oxygens (including phenoxy) is 1. The molecule has 1 saturated heterocycles. The van der Waals surface area contributed by atoms with Crippen LogP contribution in [0.4, 0.5) is 10.1 Å². The molecule has 2 aromatic heterocycles. The van der Waals surface area contributed by atoms with Gasteiger partial charge in [0.15, 0.2) is 0 Å². The molecular formula is C23H18FN5O2. The standard InChI is InChI=1S/C23H18FN5O2/c24-18-3-1-2-16(14-25)22(18)29-19-8-9-26-23(30)20(19)21(27-29)15-4-6-17(7-5-15)28-10-12-31-13-11-28/h1-9H,10-13H2,(H,26,30). The number of morpholine rings is 1. The van der Waals surface area contributed by atoms with Crippen molar-refractivity contribution >= 4 is 16.6 Å². The molecule has 1 aliphatic heterocycles. The lowest BCUT2D eigenvalue weighted by atomic mass is 10.1. The molecule has 8 heteroatoms. The van der Waals surface area contributed by atoms with E-state index in [0.717, 1.165) is 24.3 Å². The maximum atomic E-state index is 14.7. The highest BCUT2D eigenvalue weighted by atomic mass is 19.1. The van der Waals surface area contributed by atoms with Crippen molar-refractivity contribution < 1.29 is 9.13 Å². The van der Waals surface area contributed by atoms with E-state index in [1.165, 1.54) is 29.1 Å². The first-order valence-electron chi connectivity index (χ1n) is 9.90. The van der Waals surface area contributed by atoms with Crippen molar-refractivity contribution in [2.45, 2.75) is 0 Å². The van der Waals surface area contributed by atoms with Crippen LogP contribution >= 0.6 is 0 Å². The van der Waals surface area contributed by atoms with Crippen LogP contribution in [0.25, 0.3) is 27.8 Å². The van der Waals surface area contributed by atoms with E-state index in [-0.39, 0.29) is 16.8 Å². The van der Waals surface area contributed by atoms with Gasteiger partial charge in [0.1, 0.15) is 23.3 Å². The number of nitrogens with zero attached hydrogens (tertiary/aromatic N) is 4. The van der Waals surface area contributed by atoms with Gasteiger partial charge in [-0.2, -0.15) is 10.4 Å². The van der Waals surface area contributed by atoms with Crippen LogP contribution in [0.1, 0.15) is 5.56 Å². The van der Waals surface area contributed by atoms with Crippen LogP contribution in [0, 0.1) is 17.1 Å². The van der Waals surface area contributed by atoms with Gasteiger partial charge >= 0.3 is 0 Å². The van der Waals surface area contributed by atoms with E-state index in [0.29, 0.717) is 29.8 Å². The Kier molecular flexibility index (Phi) is 4.73. The van der Waals surface area contributed by atoms with Crippen LogP contribution in [0.2, 0.25) is 0 Å². The van der Waals surface area contributed by atoms with Gasteiger partial charge in [0, 0.05) is 30.5 Å². The van der Waals surface area contributed by atoms with Crippen molar-refractivity contribution in [3.05, 3.63) is 76.5 Å². The summed E-state index contributed by atoms with van der Waals surface area (Å²) in [6.07, 6.45) is 1.49. The molecule has 31 heavy (non-hydrogen) atoms. The molecule has 154 valence electrons. The first kappa shape index (κ1) is 19.0. The fourth-order valence-electron chi connectivity index (χ4n) is 3.92. The van der Waals surface area contributed by atoms with Gasteiger partial charge in [-0.3, -0.25) is 4.79 Å². The SMILES string of the molecule is N#Cc1cccc(F)c1-n1nc(-c2ccc(N3CCOCC3)cc2)c2c(=O)[nH]ccc21. The van der Waals surface area contributed by atoms with Gasteiger partial charge in [-0.05, 0) is 30.3 Å². The fraction of sp³-hybridized carbons (Fsp3) is 0.174. The number of nitrogens with one attached hydrogen (secondary N) is 1. The molecule has 4 aromatic rings. The highest BCUT2D eigenvalue weighted by Gasteiger charge is 2.21. The van der Waals surface area contributed by atoms with Crippen LogP contribution in [0.3, 0.4) is 0 Å². The maximum absolute atomic E-state index is 14.7. The van der Waals surface area contributed by atoms with Crippen molar-refractivity contribution in [1.82, 2.24) is 14.8 Å². The molecule has 2 aromatic carbocycles. The van der Waals surface area contributed by atoms with Gasteiger partial charge in [-0.25, -0.2) is 9.07 Å². The number of aromatic nitrogens is 3. The zero-order chi connectivity index (χ0) is 21.4. The second-order valence-corrected chi connectivity index (χ2v) is 7.22. The number of H-pyrrole nitrogens is 1. The summed E-state index contributed by atoms with van der Waals surface area (Å²) >= 11 is 0. The van der Waals surface area contributed by atoms with Crippen LogP contribution < -0.4 is 10.5 Å². The number of hydrogen-bond donors (Lipinski definition) is 1. The number of anilines is 1. The molecule has 0 spiro atoms. The molecule has 0 bridgehead atoms. The summed E-state index contributed by atoms with van der Waals surface area (Å²) in [5.74, 6) is -0.585. The largest absolute Gasteiger partial charge is 0.378 e. The number of hydrogen-bond acceptors (Lipinski definition) is 5. The predicted molar refractivity (Wildman–Crippen MR) is 115 cm³/mol. The number of nitriles is 1. The summed E-state index contributed by atoms with van der Waals surface area (Å²) < 4.78 is 21.4. The van der Waals surface area contributed by atoms with Crippen molar-refractivity contribution in [1.29, 1.82) is 5.26 Å². The third-order valence-corrected chi connectivity index (χ3v) is 5.44. The van der Waals surface area contributed by atoms with Gasteiger partial charge in [-0.1, -0.05) is 18.2 Å². The molecule has 1 N–H and O–H groups in total. The second-order valence-electron chi connectivity index (χ2n) is 7.22. The number of halogens is 1. The number of para-hydroxylation sites is 1. The predicted octanol–water partition coefficient (Wildman–Crippen LogP) is 3.23. The van der Waals surface area contributed by atoms with Gasteiger partial charge in [0.2, 0.25) is 0 Å². The monoisotopic (exact) mass is 415 g/mol. The number of pyridine rings is 1. The average molecular weight is 415 g/mol. The Bertz CT molecular complexity index is 1360. The van der Waals surface area contributed by atoms with E-state index in [1.54, 1.807) is 6.07 Å². The molecule has 0 saturated carbocycles. The Morgan fingerprint density at radius 3 is 2.61 bits per heavy atom. The highest BCUT2D eigenvalue weighted by Crippen LogP contribution is 2.30. The minimum Gasteiger partial charge on any atom is -0.378 e. The van der Waals surface area contributed by atoms with Crippen LogP contribution in [0.15, 0.2) is 59.5 Å². The molecule has 5 rings (SSSR count).